The molecule has 1 fully saturated rings. The minimum atomic E-state index is -0.933. The first-order chi connectivity index (χ1) is 9.23. The summed E-state index contributed by atoms with van der Waals surface area (Å²) in [4.78, 5) is 12.5. The van der Waals surface area contributed by atoms with Crippen molar-refractivity contribution in [1.29, 1.82) is 0 Å². The van der Waals surface area contributed by atoms with Crippen LogP contribution in [0.15, 0.2) is 43.0 Å². The van der Waals surface area contributed by atoms with Gasteiger partial charge in [0.05, 0.1) is 12.6 Å². The zero-order chi connectivity index (χ0) is 13.7. The molecule has 19 heavy (non-hydrogen) atoms. The Morgan fingerprint density at radius 1 is 1.53 bits per heavy atom. The lowest BCUT2D eigenvalue weighted by atomic mass is 9.89. The highest BCUT2D eigenvalue weighted by atomic mass is 16.5. The van der Waals surface area contributed by atoms with Crippen LogP contribution in [-0.4, -0.2) is 30.3 Å². The van der Waals surface area contributed by atoms with Gasteiger partial charge < -0.3 is 15.2 Å². The van der Waals surface area contributed by atoms with E-state index in [4.69, 9.17) is 9.84 Å². The summed E-state index contributed by atoms with van der Waals surface area (Å²) in [5.74, 6) is -0.213. The third-order valence-corrected chi connectivity index (χ3v) is 3.43. The molecule has 2 N–H and O–H groups in total. The van der Waals surface area contributed by atoms with Gasteiger partial charge in [0.25, 0.3) is 5.91 Å². The first kappa shape index (κ1) is 13.8. The number of ether oxygens (including phenoxy) is 1. The van der Waals surface area contributed by atoms with Crippen molar-refractivity contribution in [2.45, 2.75) is 24.5 Å². The lowest BCUT2D eigenvalue weighted by molar-refractivity contribution is -0.143. The fourth-order valence-electron chi connectivity index (χ4n) is 2.35. The van der Waals surface area contributed by atoms with Gasteiger partial charge in [0.1, 0.15) is 0 Å². The van der Waals surface area contributed by atoms with Crippen molar-refractivity contribution in [2.24, 2.45) is 0 Å². The standard InChI is InChI=1S/C15H19NO3/c1-2-13(11-17)16-14(18)15(9-6-10-19-15)12-7-4-3-5-8-12/h2-5,7-8,13,17H,1,6,9-11H2,(H,16,18)/t13-,15?/m1/s1. The zero-order valence-corrected chi connectivity index (χ0v) is 10.8. The van der Waals surface area contributed by atoms with Crippen molar-refractivity contribution in [3.63, 3.8) is 0 Å². The van der Waals surface area contributed by atoms with Crippen LogP contribution in [0.25, 0.3) is 0 Å². The normalized spacial score (nSPS) is 23.8. The smallest absolute Gasteiger partial charge is 0.257 e. The van der Waals surface area contributed by atoms with E-state index in [2.05, 4.69) is 11.9 Å². The summed E-state index contributed by atoms with van der Waals surface area (Å²) in [5, 5.41) is 11.9. The molecule has 2 atom stereocenters. The summed E-state index contributed by atoms with van der Waals surface area (Å²) >= 11 is 0. The largest absolute Gasteiger partial charge is 0.394 e. The van der Waals surface area contributed by atoms with Crippen LogP contribution in [0.3, 0.4) is 0 Å². The maximum Gasteiger partial charge on any atom is 0.257 e. The number of aliphatic hydroxyl groups excluding tert-OH is 1. The van der Waals surface area contributed by atoms with Gasteiger partial charge in [0.15, 0.2) is 5.60 Å². The maximum absolute atomic E-state index is 12.5. The molecule has 102 valence electrons. The second-order valence-corrected chi connectivity index (χ2v) is 4.64. The lowest BCUT2D eigenvalue weighted by Gasteiger charge is -2.29. The zero-order valence-electron chi connectivity index (χ0n) is 10.8. The summed E-state index contributed by atoms with van der Waals surface area (Å²) in [7, 11) is 0. The number of hydrogen-bond donors (Lipinski definition) is 2. The van der Waals surface area contributed by atoms with Gasteiger partial charge in [0, 0.05) is 6.61 Å². The number of rotatable bonds is 5. The van der Waals surface area contributed by atoms with E-state index in [0.717, 1.165) is 12.0 Å². The van der Waals surface area contributed by atoms with E-state index in [1.54, 1.807) is 0 Å². The van der Waals surface area contributed by atoms with Crippen molar-refractivity contribution in [3.8, 4) is 0 Å². The van der Waals surface area contributed by atoms with Crippen LogP contribution in [0.5, 0.6) is 0 Å². The fraction of sp³-hybridized carbons (Fsp3) is 0.400. The molecule has 2 rings (SSSR count). The molecular formula is C15H19NO3. The number of carbonyl (C=O) groups is 1. The lowest BCUT2D eigenvalue weighted by Crippen LogP contribution is -2.48. The Hall–Kier alpha value is -1.65. The van der Waals surface area contributed by atoms with Crippen molar-refractivity contribution in [2.75, 3.05) is 13.2 Å². The van der Waals surface area contributed by atoms with Gasteiger partial charge in [-0.1, -0.05) is 36.4 Å². The average Bonchev–Trinajstić information content (AvgIpc) is 2.96. The average molecular weight is 261 g/mol. The van der Waals surface area contributed by atoms with Crippen LogP contribution in [0, 0.1) is 0 Å². The second kappa shape index (κ2) is 5.99. The van der Waals surface area contributed by atoms with Crippen molar-refractivity contribution in [1.82, 2.24) is 5.32 Å². The molecule has 1 aromatic carbocycles. The predicted octanol–water partition coefficient (Wildman–Crippen LogP) is 1.36. The quantitative estimate of drug-likeness (QED) is 0.787. The maximum atomic E-state index is 12.5. The van der Waals surface area contributed by atoms with Crippen LogP contribution in [-0.2, 0) is 15.1 Å². The first-order valence-electron chi connectivity index (χ1n) is 6.47. The molecule has 1 heterocycles. The van der Waals surface area contributed by atoms with Crippen LogP contribution in [0.1, 0.15) is 18.4 Å². The third-order valence-electron chi connectivity index (χ3n) is 3.43. The van der Waals surface area contributed by atoms with Crippen molar-refractivity contribution in [3.05, 3.63) is 48.6 Å². The molecule has 0 radical (unpaired) electrons. The van der Waals surface area contributed by atoms with E-state index in [1.807, 2.05) is 30.3 Å². The fourth-order valence-corrected chi connectivity index (χ4v) is 2.35. The van der Waals surface area contributed by atoms with Gasteiger partial charge in [-0.15, -0.1) is 6.58 Å². The molecule has 4 heteroatoms. The molecule has 0 aliphatic carbocycles. The summed E-state index contributed by atoms with van der Waals surface area (Å²) in [5.41, 5.74) is -0.0803. The molecule has 0 saturated carbocycles. The molecule has 1 unspecified atom stereocenters. The Balaban J connectivity index is 2.25. The summed E-state index contributed by atoms with van der Waals surface area (Å²) in [6, 6.07) is 9.04. The highest BCUT2D eigenvalue weighted by Gasteiger charge is 2.44. The topological polar surface area (TPSA) is 58.6 Å². The van der Waals surface area contributed by atoms with Crippen LogP contribution >= 0.6 is 0 Å². The van der Waals surface area contributed by atoms with E-state index in [0.29, 0.717) is 13.0 Å². The molecule has 0 bridgehead atoms. The van der Waals surface area contributed by atoms with Gasteiger partial charge in [0.2, 0.25) is 0 Å². The Morgan fingerprint density at radius 2 is 2.26 bits per heavy atom. The Morgan fingerprint density at radius 3 is 2.79 bits per heavy atom. The Bertz CT molecular complexity index is 438. The molecule has 1 saturated heterocycles. The van der Waals surface area contributed by atoms with Crippen LogP contribution in [0.2, 0.25) is 0 Å². The Kier molecular flexibility index (Phi) is 4.35. The molecule has 1 aliphatic heterocycles. The predicted molar refractivity (Wildman–Crippen MR) is 72.5 cm³/mol. The molecule has 0 aromatic heterocycles. The number of carbonyl (C=O) groups excluding carboxylic acids is 1. The highest BCUT2D eigenvalue weighted by Crippen LogP contribution is 2.36. The number of benzene rings is 1. The van der Waals surface area contributed by atoms with Crippen LogP contribution < -0.4 is 5.32 Å². The van der Waals surface area contributed by atoms with E-state index >= 15 is 0 Å². The van der Waals surface area contributed by atoms with Crippen molar-refractivity contribution < 1.29 is 14.6 Å². The molecule has 1 amide bonds. The second-order valence-electron chi connectivity index (χ2n) is 4.64. The third kappa shape index (κ3) is 2.69. The highest BCUT2D eigenvalue weighted by molar-refractivity contribution is 5.87. The van der Waals surface area contributed by atoms with Gasteiger partial charge >= 0.3 is 0 Å². The van der Waals surface area contributed by atoms with E-state index in [1.165, 1.54) is 6.08 Å². The molecule has 0 spiro atoms. The van der Waals surface area contributed by atoms with E-state index in [-0.39, 0.29) is 12.5 Å². The van der Waals surface area contributed by atoms with Gasteiger partial charge in [-0.3, -0.25) is 4.79 Å². The molecular weight excluding hydrogens is 242 g/mol. The summed E-state index contributed by atoms with van der Waals surface area (Å²) < 4.78 is 5.75. The SMILES string of the molecule is C=C[C@H](CO)NC(=O)C1(c2ccccc2)CCCO1. The minimum absolute atomic E-state index is 0.167. The number of nitrogens with one attached hydrogen (secondary N) is 1. The van der Waals surface area contributed by atoms with Gasteiger partial charge in [-0.25, -0.2) is 0 Å². The monoisotopic (exact) mass is 261 g/mol. The van der Waals surface area contributed by atoms with E-state index in [9.17, 15) is 4.79 Å². The van der Waals surface area contributed by atoms with Crippen molar-refractivity contribution >= 4 is 5.91 Å². The first-order valence-corrected chi connectivity index (χ1v) is 6.47. The number of hydrogen-bond acceptors (Lipinski definition) is 3. The Labute approximate surface area is 113 Å². The summed E-state index contributed by atoms with van der Waals surface area (Å²) in [6.07, 6.45) is 3.02. The molecule has 1 aromatic rings. The molecule has 1 aliphatic rings. The van der Waals surface area contributed by atoms with Crippen LogP contribution in [0.4, 0.5) is 0 Å². The van der Waals surface area contributed by atoms with E-state index < -0.39 is 11.6 Å². The summed E-state index contributed by atoms with van der Waals surface area (Å²) in [6.45, 7) is 3.99. The van der Waals surface area contributed by atoms with Gasteiger partial charge in [-0.2, -0.15) is 0 Å². The number of aliphatic hydroxyl groups is 1. The van der Waals surface area contributed by atoms with Gasteiger partial charge in [-0.05, 0) is 18.4 Å². The number of amides is 1. The molecule has 4 nitrogen and oxygen atoms in total. The minimum Gasteiger partial charge on any atom is -0.394 e.